The molecule has 2 heteroatoms. The Morgan fingerprint density at radius 2 is 2.21 bits per heavy atom. The molecule has 0 bridgehead atoms. The zero-order chi connectivity index (χ0) is 10.2. The average molecular weight is 193 g/mol. The zero-order valence-electron chi connectivity index (χ0n) is 8.73. The van der Waals surface area contributed by atoms with Crippen molar-refractivity contribution >= 4 is 0 Å². The van der Waals surface area contributed by atoms with E-state index in [-0.39, 0.29) is 11.4 Å². The van der Waals surface area contributed by atoms with Gasteiger partial charge >= 0.3 is 0 Å². The standard InChI is InChI=1S/C12H16FN/c1-9-4-5-10(11(13)8-9)12(2)6-3-7-14-12/h4-5,8,14H,3,6-7H2,1-2H3. The molecule has 0 amide bonds. The Morgan fingerprint density at radius 1 is 1.43 bits per heavy atom. The van der Waals surface area contributed by atoms with E-state index in [1.807, 2.05) is 19.1 Å². The normalized spacial score (nSPS) is 26.8. The Kier molecular flexibility index (Phi) is 2.31. The monoisotopic (exact) mass is 193 g/mol. The molecule has 0 spiro atoms. The zero-order valence-corrected chi connectivity index (χ0v) is 8.73. The molecule has 1 aliphatic rings. The summed E-state index contributed by atoms with van der Waals surface area (Å²) < 4.78 is 13.7. The first-order chi connectivity index (χ1) is 6.62. The number of aryl methyl sites for hydroxylation is 1. The van der Waals surface area contributed by atoms with Crippen LogP contribution >= 0.6 is 0 Å². The first-order valence-corrected chi connectivity index (χ1v) is 5.13. The van der Waals surface area contributed by atoms with E-state index >= 15 is 0 Å². The molecular formula is C12H16FN. The van der Waals surface area contributed by atoms with Crippen molar-refractivity contribution in [3.63, 3.8) is 0 Å². The minimum absolute atomic E-state index is 0.0816. The van der Waals surface area contributed by atoms with Crippen molar-refractivity contribution in [1.29, 1.82) is 0 Å². The van der Waals surface area contributed by atoms with Crippen LogP contribution in [0.3, 0.4) is 0 Å². The molecule has 1 fully saturated rings. The van der Waals surface area contributed by atoms with Crippen molar-refractivity contribution in [2.24, 2.45) is 0 Å². The van der Waals surface area contributed by atoms with Crippen LogP contribution in [0, 0.1) is 12.7 Å². The molecule has 2 rings (SSSR count). The van der Waals surface area contributed by atoms with Gasteiger partial charge < -0.3 is 5.32 Å². The van der Waals surface area contributed by atoms with Gasteiger partial charge in [0.05, 0.1) is 0 Å². The highest BCUT2D eigenvalue weighted by atomic mass is 19.1. The lowest BCUT2D eigenvalue weighted by Crippen LogP contribution is -2.34. The highest BCUT2D eigenvalue weighted by Crippen LogP contribution is 2.32. The van der Waals surface area contributed by atoms with Gasteiger partial charge in [-0.2, -0.15) is 0 Å². The summed E-state index contributed by atoms with van der Waals surface area (Å²) in [5, 5.41) is 3.37. The molecule has 0 saturated carbocycles. The van der Waals surface area contributed by atoms with Crippen LogP contribution < -0.4 is 5.32 Å². The Hall–Kier alpha value is -0.890. The highest BCUT2D eigenvalue weighted by Gasteiger charge is 2.32. The van der Waals surface area contributed by atoms with E-state index in [4.69, 9.17) is 0 Å². The summed E-state index contributed by atoms with van der Waals surface area (Å²) in [7, 11) is 0. The molecule has 1 aromatic carbocycles. The average Bonchev–Trinajstić information content (AvgIpc) is 2.52. The number of hydrogen-bond donors (Lipinski definition) is 1. The molecule has 1 aliphatic heterocycles. The van der Waals surface area contributed by atoms with E-state index in [2.05, 4.69) is 12.2 Å². The molecule has 1 aromatic rings. The summed E-state index contributed by atoms with van der Waals surface area (Å²) in [5.74, 6) is -0.0816. The summed E-state index contributed by atoms with van der Waals surface area (Å²) in [6, 6.07) is 5.49. The molecular weight excluding hydrogens is 177 g/mol. The lowest BCUT2D eigenvalue weighted by molar-refractivity contribution is 0.410. The fraction of sp³-hybridized carbons (Fsp3) is 0.500. The summed E-state index contributed by atoms with van der Waals surface area (Å²) in [6.45, 7) is 4.98. The van der Waals surface area contributed by atoms with Crippen LogP contribution in [-0.2, 0) is 5.54 Å². The Balaban J connectivity index is 2.40. The number of benzene rings is 1. The Morgan fingerprint density at radius 3 is 2.79 bits per heavy atom. The van der Waals surface area contributed by atoms with Crippen LogP contribution in [0.4, 0.5) is 4.39 Å². The SMILES string of the molecule is Cc1ccc(C2(C)CCCN2)c(F)c1. The van der Waals surface area contributed by atoms with Crippen LogP contribution in [0.1, 0.15) is 30.9 Å². The quantitative estimate of drug-likeness (QED) is 0.723. The van der Waals surface area contributed by atoms with Gasteiger partial charge in [0, 0.05) is 11.1 Å². The van der Waals surface area contributed by atoms with Gasteiger partial charge in [0.1, 0.15) is 5.82 Å². The van der Waals surface area contributed by atoms with Crippen molar-refractivity contribution in [2.45, 2.75) is 32.2 Å². The van der Waals surface area contributed by atoms with E-state index in [1.54, 1.807) is 6.07 Å². The van der Waals surface area contributed by atoms with Crippen LogP contribution in [0.25, 0.3) is 0 Å². The number of halogens is 1. The van der Waals surface area contributed by atoms with Crippen LogP contribution in [0.15, 0.2) is 18.2 Å². The molecule has 14 heavy (non-hydrogen) atoms. The number of nitrogens with one attached hydrogen (secondary N) is 1. The fourth-order valence-corrected chi connectivity index (χ4v) is 2.19. The maximum atomic E-state index is 13.7. The van der Waals surface area contributed by atoms with Gasteiger partial charge in [0.25, 0.3) is 0 Å². The summed E-state index contributed by atoms with van der Waals surface area (Å²) in [5.41, 5.74) is 1.63. The van der Waals surface area contributed by atoms with E-state index in [0.29, 0.717) is 0 Å². The van der Waals surface area contributed by atoms with Crippen molar-refractivity contribution in [1.82, 2.24) is 5.32 Å². The molecule has 1 atom stereocenters. The van der Waals surface area contributed by atoms with E-state index in [9.17, 15) is 4.39 Å². The Bertz CT molecular complexity index is 340. The van der Waals surface area contributed by atoms with Crippen molar-refractivity contribution < 1.29 is 4.39 Å². The van der Waals surface area contributed by atoms with Gasteiger partial charge in [-0.25, -0.2) is 4.39 Å². The van der Waals surface area contributed by atoms with Crippen molar-refractivity contribution in [2.75, 3.05) is 6.54 Å². The number of rotatable bonds is 1. The minimum Gasteiger partial charge on any atom is -0.308 e. The third-order valence-electron chi connectivity index (χ3n) is 3.09. The van der Waals surface area contributed by atoms with E-state index < -0.39 is 0 Å². The highest BCUT2D eigenvalue weighted by molar-refractivity contribution is 5.30. The molecule has 1 unspecified atom stereocenters. The summed E-state index contributed by atoms with van der Waals surface area (Å²) >= 11 is 0. The first-order valence-electron chi connectivity index (χ1n) is 5.13. The lowest BCUT2D eigenvalue weighted by atomic mass is 9.89. The van der Waals surface area contributed by atoms with E-state index in [1.165, 1.54) is 0 Å². The minimum atomic E-state index is -0.155. The Labute approximate surface area is 84.3 Å². The fourth-order valence-electron chi connectivity index (χ4n) is 2.19. The topological polar surface area (TPSA) is 12.0 Å². The molecule has 0 aliphatic carbocycles. The number of hydrogen-bond acceptors (Lipinski definition) is 1. The maximum absolute atomic E-state index is 13.7. The van der Waals surface area contributed by atoms with Gasteiger partial charge in [0.15, 0.2) is 0 Å². The van der Waals surface area contributed by atoms with Gasteiger partial charge in [-0.15, -0.1) is 0 Å². The smallest absolute Gasteiger partial charge is 0.128 e. The van der Waals surface area contributed by atoms with Crippen LogP contribution in [0.2, 0.25) is 0 Å². The third-order valence-corrected chi connectivity index (χ3v) is 3.09. The molecule has 0 radical (unpaired) electrons. The lowest BCUT2D eigenvalue weighted by Gasteiger charge is -2.25. The summed E-state index contributed by atoms with van der Waals surface area (Å²) in [6.07, 6.45) is 2.15. The maximum Gasteiger partial charge on any atom is 0.128 e. The predicted octanol–water partition coefficient (Wildman–Crippen LogP) is 2.73. The van der Waals surface area contributed by atoms with Gasteiger partial charge in [-0.3, -0.25) is 0 Å². The van der Waals surface area contributed by atoms with Gasteiger partial charge in [-0.1, -0.05) is 12.1 Å². The third kappa shape index (κ3) is 1.55. The predicted molar refractivity (Wildman–Crippen MR) is 55.7 cm³/mol. The van der Waals surface area contributed by atoms with Crippen LogP contribution in [0.5, 0.6) is 0 Å². The largest absolute Gasteiger partial charge is 0.308 e. The second-order valence-corrected chi connectivity index (χ2v) is 4.35. The second kappa shape index (κ2) is 3.35. The molecule has 1 heterocycles. The van der Waals surface area contributed by atoms with Crippen molar-refractivity contribution in [3.8, 4) is 0 Å². The molecule has 0 aromatic heterocycles. The van der Waals surface area contributed by atoms with Gasteiger partial charge in [-0.05, 0) is 44.9 Å². The molecule has 1 N–H and O–H groups in total. The molecule has 1 nitrogen and oxygen atoms in total. The van der Waals surface area contributed by atoms with E-state index in [0.717, 1.165) is 30.5 Å². The second-order valence-electron chi connectivity index (χ2n) is 4.35. The van der Waals surface area contributed by atoms with Crippen molar-refractivity contribution in [3.05, 3.63) is 35.1 Å². The molecule has 76 valence electrons. The molecule has 1 saturated heterocycles. The van der Waals surface area contributed by atoms with Gasteiger partial charge in [0.2, 0.25) is 0 Å². The van der Waals surface area contributed by atoms with Crippen LogP contribution in [-0.4, -0.2) is 6.54 Å². The summed E-state index contributed by atoms with van der Waals surface area (Å²) in [4.78, 5) is 0. The first kappa shape index (κ1) is 9.66.